The van der Waals surface area contributed by atoms with Gasteiger partial charge in [-0.1, -0.05) is 26.0 Å². The average molecular weight is 404 g/mol. The lowest BCUT2D eigenvalue weighted by Crippen LogP contribution is -2.43. The maximum Gasteiger partial charge on any atom is 0.183 e. The molecule has 0 spiro atoms. The molecule has 0 bridgehead atoms. The van der Waals surface area contributed by atoms with Gasteiger partial charge in [0.2, 0.25) is 0 Å². The van der Waals surface area contributed by atoms with E-state index < -0.39 is 31.0 Å². The van der Waals surface area contributed by atoms with Crippen molar-refractivity contribution in [1.29, 1.82) is 0 Å². The molecule has 1 aliphatic heterocycles. The Morgan fingerprint density at radius 3 is 2.42 bits per heavy atom. The number of ether oxygens (including phenoxy) is 1. The molecule has 0 radical (unpaired) electrons. The molecule has 148 valence electrons. The maximum atomic E-state index is 13.0. The van der Waals surface area contributed by atoms with Gasteiger partial charge in [-0.3, -0.25) is 0 Å². The summed E-state index contributed by atoms with van der Waals surface area (Å²) in [6.45, 7) is 7.70. The topological polar surface area (TPSA) is 89.5 Å². The lowest BCUT2D eigenvalue weighted by molar-refractivity contribution is 0.144. The molecule has 0 aromatic heterocycles. The van der Waals surface area contributed by atoms with E-state index in [0.717, 1.165) is 5.56 Å². The first-order chi connectivity index (χ1) is 12.2. The Morgan fingerprint density at radius 1 is 1.19 bits per heavy atom. The van der Waals surface area contributed by atoms with Crippen molar-refractivity contribution in [1.82, 2.24) is 5.32 Å². The normalized spacial score (nSPS) is 22.8. The predicted molar refractivity (Wildman–Crippen MR) is 103 cm³/mol. The smallest absolute Gasteiger partial charge is 0.183 e. The number of benzene rings is 1. The second kappa shape index (κ2) is 8.82. The number of hydrogen-bond acceptors (Lipinski definition) is 6. The molecule has 1 saturated heterocycles. The molecule has 1 N–H and O–H groups in total. The minimum atomic E-state index is -3.72. The quantitative estimate of drug-likeness (QED) is 0.632. The fraction of sp³-hybridized carbons (Fsp3) is 0.667. The molecule has 1 aliphatic rings. The molecular weight excluding hydrogens is 374 g/mol. The zero-order chi connectivity index (χ0) is 19.4. The van der Waals surface area contributed by atoms with Gasteiger partial charge in [0, 0.05) is 19.3 Å². The Kier molecular flexibility index (Phi) is 7.24. The fourth-order valence-corrected chi connectivity index (χ4v) is 7.85. The molecule has 2 atom stereocenters. The molecule has 6 nitrogen and oxygen atoms in total. The van der Waals surface area contributed by atoms with Gasteiger partial charge in [-0.05, 0) is 43.5 Å². The van der Waals surface area contributed by atoms with Gasteiger partial charge in [0.05, 0.1) is 21.7 Å². The highest BCUT2D eigenvalue weighted by molar-refractivity contribution is 7.96. The lowest BCUT2D eigenvalue weighted by atomic mass is 10.0. The minimum Gasteiger partial charge on any atom is -0.382 e. The zero-order valence-corrected chi connectivity index (χ0v) is 17.3. The van der Waals surface area contributed by atoms with Gasteiger partial charge in [-0.15, -0.1) is 0 Å². The first-order valence-electron chi connectivity index (χ1n) is 9.03. The molecule has 0 unspecified atom stereocenters. The fourth-order valence-electron chi connectivity index (χ4n) is 3.13. The molecule has 0 saturated carbocycles. The number of sulfone groups is 2. The van der Waals surface area contributed by atoms with E-state index >= 15 is 0 Å². The van der Waals surface area contributed by atoms with Crippen LogP contribution in [-0.2, 0) is 24.4 Å². The summed E-state index contributed by atoms with van der Waals surface area (Å²) in [6.07, 6.45) is 0.709. The predicted octanol–water partition coefficient (Wildman–Crippen LogP) is 1.77. The summed E-state index contributed by atoms with van der Waals surface area (Å²) in [4.78, 5) is 0.185. The minimum absolute atomic E-state index is 0.143. The van der Waals surface area contributed by atoms with Crippen LogP contribution in [0.4, 0.5) is 0 Å². The van der Waals surface area contributed by atoms with E-state index in [1.807, 2.05) is 20.8 Å². The van der Waals surface area contributed by atoms with Gasteiger partial charge < -0.3 is 10.1 Å². The van der Waals surface area contributed by atoms with E-state index in [9.17, 15) is 16.8 Å². The molecule has 1 aromatic rings. The van der Waals surface area contributed by atoms with Crippen molar-refractivity contribution in [3.05, 3.63) is 29.8 Å². The molecule has 2 rings (SSSR count). The Bertz CT molecular complexity index is 785. The third-order valence-corrected chi connectivity index (χ3v) is 8.82. The van der Waals surface area contributed by atoms with Gasteiger partial charge in [-0.25, -0.2) is 16.8 Å². The van der Waals surface area contributed by atoms with Gasteiger partial charge in [0.15, 0.2) is 19.7 Å². The van der Waals surface area contributed by atoms with Crippen LogP contribution in [0.15, 0.2) is 29.2 Å². The van der Waals surface area contributed by atoms with Crippen LogP contribution in [0.2, 0.25) is 0 Å². The molecular formula is C18H29NO5S2. The Labute approximate surface area is 157 Å². The summed E-state index contributed by atoms with van der Waals surface area (Å²) in [6, 6.07) is 6.18. The van der Waals surface area contributed by atoms with E-state index in [-0.39, 0.29) is 16.4 Å². The highest BCUT2D eigenvalue weighted by Crippen LogP contribution is 2.27. The summed E-state index contributed by atoms with van der Waals surface area (Å²) in [7, 11) is -7.10. The summed E-state index contributed by atoms with van der Waals surface area (Å²) in [5.74, 6) is -0.168. The maximum absolute atomic E-state index is 13.0. The Balaban J connectivity index is 2.15. The van der Waals surface area contributed by atoms with Crippen LogP contribution in [0.3, 0.4) is 0 Å². The molecule has 1 heterocycles. The van der Waals surface area contributed by atoms with Crippen LogP contribution in [-0.4, -0.2) is 59.4 Å². The number of hydrogen-bond donors (Lipinski definition) is 1. The number of rotatable bonds is 9. The molecule has 8 heteroatoms. The average Bonchev–Trinajstić information content (AvgIpc) is 2.90. The van der Waals surface area contributed by atoms with Crippen LogP contribution < -0.4 is 5.32 Å². The van der Waals surface area contributed by atoms with Crippen molar-refractivity contribution in [2.75, 3.05) is 31.3 Å². The van der Waals surface area contributed by atoms with E-state index in [1.165, 1.54) is 0 Å². The third-order valence-electron chi connectivity index (χ3n) is 4.65. The SMILES string of the molecule is CCOCCCN[C@H]1CS(=O)(=O)C[C@@H]1S(=O)(=O)c1ccc(C(C)C)cc1. The van der Waals surface area contributed by atoms with Crippen molar-refractivity contribution >= 4 is 19.7 Å². The van der Waals surface area contributed by atoms with Crippen LogP contribution in [0, 0.1) is 0 Å². The molecule has 26 heavy (non-hydrogen) atoms. The van der Waals surface area contributed by atoms with E-state index in [2.05, 4.69) is 5.32 Å². The summed E-state index contributed by atoms with van der Waals surface area (Å²) in [5, 5.41) is 2.16. The van der Waals surface area contributed by atoms with Gasteiger partial charge in [-0.2, -0.15) is 0 Å². The second-order valence-electron chi connectivity index (χ2n) is 7.00. The van der Waals surface area contributed by atoms with Crippen LogP contribution in [0.25, 0.3) is 0 Å². The summed E-state index contributed by atoms with van der Waals surface area (Å²) >= 11 is 0. The van der Waals surface area contributed by atoms with Crippen molar-refractivity contribution in [2.45, 2.75) is 49.3 Å². The molecule has 1 aromatic carbocycles. The van der Waals surface area contributed by atoms with Crippen molar-refractivity contribution in [3.8, 4) is 0 Å². The Morgan fingerprint density at radius 2 is 1.85 bits per heavy atom. The van der Waals surface area contributed by atoms with Crippen molar-refractivity contribution in [2.24, 2.45) is 0 Å². The third kappa shape index (κ3) is 5.28. The van der Waals surface area contributed by atoms with Gasteiger partial charge >= 0.3 is 0 Å². The van der Waals surface area contributed by atoms with E-state index in [0.29, 0.717) is 32.1 Å². The highest BCUT2D eigenvalue weighted by atomic mass is 32.2. The zero-order valence-electron chi connectivity index (χ0n) is 15.6. The van der Waals surface area contributed by atoms with Crippen molar-refractivity contribution < 1.29 is 21.6 Å². The lowest BCUT2D eigenvalue weighted by Gasteiger charge is -2.20. The number of nitrogens with one attached hydrogen (secondary N) is 1. The van der Waals surface area contributed by atoms with Crippen molar-refractivity contribution in [3.63, 3.8) is 0 Å². The monoisotopic (exact) mass is 403 g/mol. The van der Waals surface area contributed by atoms with Gasteiger partial charge in [0.1, 0.15) is 0 Å². The standard InChI is InChI=1S/C18H29NO5S2/c1-4-24-11-5-10-19-17-12-25(20,21)13-18(17)26(22,23)16-8-6-15(7-9-16)14(2)3/h6-9,14,17-19H,4-5,10-13H2,1-3H3/t17-,18-/m0/s1. The first kappa shape index (κ1) is 21.3. The first-order valence-corrected chi connectivity index (χ1v) is 12.4. The van der Waals surface area contributed by atoms with Crippen LogP contribution in [0.5, 0.6) is 0 Å². The summed E-state index contributed by atoms with van der Waals surface area (Å²) < 4.78 is 55.5. The largest absolute Gasteiger partial charge is 0.382 e. The van der Waals surface area contributed by atoms with Crippen LogP contribution in [0.1, 0.15) is 38.7 Å². The summed E-state index contributed by atoms with van der Waals surface area (Å²) in [5.41, 5.74) is 1.05. The molecule has 1 fully saturated rings. The second-order valence-corrected chi connectivity index (χ2v) is 11.3. The van der Waals surface area contributed by atoms with Crippen LogP contribution >= 0.6 is 0 Å². The molecule has 0 aliphatic carbocycles. The van der Waals surface area contributed by atoms with Gasteiger partial charge in [0.25, 0.3) is 0 Å². The highest BCUT2D eigenvalue weighted by Gasteiger charge is 2.45. The molecule has 0 amide bonds. The Hall–Kier alpha value is -0.960. The van der Waals surface area contributed by atoms with E-state index in [4.69, 9.17) is 4.74 Å². The van der Waals surface area contributed by atoms with E-state index in [1.54, 1.807) is 24.3 Å².